The fourth-order valence-electron chi connectivity index (χ4n) is 1.91. The average Bonchev–Trinajstić information content (AvgIpc) is 2.95. The summed E-state index contributed by atoms with van der Waals surface area (Å²) in [4.78, 5) is 8.69. The Morgan fingerprint density at radius 1 is 1.15 bits per heavy atom. The Kier molecular flexibility index (Phi) is 3.15. The quantitative estimate of drug-likeness (QED) is 0.751. The maximum absolute atomic E-state index is 6.12. The molecule has 0 aliphatic rings. The van der Waals surface area contributed by atoms with Gasteiger partial charge in [-0.2, -0.15) is 5.10 Å². The van der Waals surface area contributed by atoms with Crippen LogP contribution in [0.25, 0.3) is 22.4 Å². The van der Waals surface area contributed by atoms with E-state index in [-0.39, 0.29) is 5.15 Å². The first-order valence-corrected chi connectivity index (χ1v) is 6.20. The first-order chi connectivity index (χ1) is 9.72. The van der Waals surface area contributed by atoms with E-state index in [0.717, 1.165) is 0 Å². The lowest BCUT2D eigenvalue weighted by atomic mass is 10.1. The van der Waals surface area contributed by atoms with Crippen LogP contribution in [0.5, 0.6) is 11.5 Å². The summed E-state index contributed by atoms with van der Waals surface area (Å²) in [6.45, 7) is 0. The van der Waals surface area contributed by atoms with Crippen molar-refractivity contribution in [3.8, 4) is 22.9 Å². The zero-order chi connectivity index (χ0) is 14.1. The maximum Gasteiger partial charge on any atom is 0.165 e. The van der Waals surface area contributed by atoms with Gasteiger partial charge in [0.1, 0.15) is 22.5 Å². The van der Waals surface area contributed by atoms with Crippen LogP contribution in [0, 0.1) is 0 Å². The molecule has 6 nitrogen and oxygen atoms in total. The summed E-state index contributed by atoms with van der Waals surface area (Å²) in [5, 5.41) is 7.00. The highest BCUT2D eigenvalue weighted by atomic mass is 35.5. The van der Waals surface area contributed by atoms with Crippen molar-refractivity contribution in [2.75, 3.05) is 14.2 Å². The van der Waals surface area contributed by atoms with Crippen LogP contribution in [0.4, 0.5) is 0 Å². The number of aromatic amines is 1. The summed E-state index contributed by atoms with van der Waals surface area (Å²) in [6.07, 6.45) is 1.67. The highest BCUT2D eigenvalue weighted by Crippen LogP contribution is 2.33. The number of halogens is 1. The van der Waals surface area contributed by atoms with Crippen LogP contribution >= 0.6 is 11.6 Å². The predicted octanol–water partition coefficient (Wildman–Crippen LogP) is 2.69. The average molecular weight is 291 g/mol. The minimum absolute atomic E-state index is 0.288. The molecule has 0 unspecified atom stereocenters. The molecule has 0 aliphatic heterocycles. The number of H-pyrrole nitrogens is 1. The molecule has 0 fully saturated rings. The van der Waals surface area contributed by atoms with Crippen molar-refractivity contribution in [1.82, 2.24) is 20.2 Å². The third-order valence-corrected chi connectivity index (χ3v) is 3.16. The van der Waals surface area contributed by atoms with E-state index in [0.29, 0.717) is 33.9 Å². The van der Waals surface area contributed by atoms with Gasteiger partial charge in [-0.15, -0.1) is 0 Å². The number of methoxy groups -OCH3 is 2. The van der Waals surface area contributed by atoms with Crippen LogP contribution in [0.3, 0.4) is 0 Å². The normalized spacial score (nSPS) is 10.8. The van der Waals surface area contributed by atoms with Crippen molar-refractivity contribution in [2.45, 2.75) is 0 Å². The second kappa shape index (κ2) is 4.97. The second-order valence-corrected chi connectivity index (χ2v) is 4.38. The van der Waals surface area contributed by atoms with Crippen molar-refractivity contribution in [3.63, 3.8) is 0 Å². The number of hydrogen-bond donors (Lipinski definition) is 1. The molecule has 1 aromatic carbocycles. The van der Waals surface area contributed by atoms with Gasteiger partial charge in [-0.3, -0.25) is 5.10 Å². The number of rotatable bonds is 3. The molecule has 0 amide bonds. The van der Waals surface area contributed by atoms with E-state index in [4.69, 9.17) is 21.1 Å². The maximum atomic E-state index is 6.12. The Morgan fingerprint density at radius 2 is 2.00 bits per heavy atom. The predicted molar refractivity (Wildman–Crippen MR) is 75.2 cm³/mol. The van der Waals surface area contributed by atoms with Crippen molar-refractivity contribution >= 4 is 22.6 Å². The molecule has 0 saturated heterocycles. The number of nitrogens with one attached hydrogen (secondary N) is 1. The van der Waals surface area contributed by atoms with Gasteiger partial charge in [-0.05, 0) is 18.2 Å². The highest BCUT2D eigenvalue weighted by molar-refractivity contribution is 6.33. The minimum atomic E-state index is 0.288. The van der Waals surface area contributed by atoms with E-state index in [1.807, 2.05) is 0 Å². The molecule has 1 N–H and O–H groups in total. The first-order valence-electron chi connectivity index (χ1n) is 5.82. The van der Waals surface area contributed by atoms with E-state index in [1.165, 1.54) is 0 Å². The molecule has 7 heteroatoms. The molecule has 0 atom stereocenters. The van der Waals surface area contributed by atoms with Gasteiger partial charge in [0.2, 0.25) is 0 Å². The molecular formula is C13H11ClN4O2. The molecule has 3 rings (SSSR count). The third kappa shape index (κ3) is 2.04. The number of benzene rings is 1. The Balaban J connectivity index is 2.23. The SMILES string of the molecule is COc1ccc(OC)c(-c2nc(Cl)c3n[nH]cc3n2)c1. The molecule has 2 aromatic heterocycles. The molecule has 3 aromatic rings. The number of ether oxygens (including phenoxy) is 2. The number of aromatic nitrogens is 4. The van der Waals surface area contributed by atoms with E-state index < -0.39 is 0 Å². The molecule has 20 heavy (non-hydrogen) atoms. The lowest BCUT2D eigenvalue weighted by Crippen LogP contribution is -1.95. The Morgan fingerprint density at radius 3 is 2.75 bits per heavy atom. The zero-order valence-corrected chi connectivity index (χ0v) is 11.6. The lowest BCUT2D eigenvalue weighted by molar-refractivity contribution is 0.404. The van der Waals surface area contributed by atoms with Gasteiger partial charge in [-0.25, -0.2) is 9.97 Å². The molecular weight excluding hydrogens is 280 g/mol. The van der Waals surface area contributed by atoms with Gasteiger partial charge < -0.3 is 9.47 Å². The molecule has 0 aliphatic carbocycles. The van der Waals surface area contributed by atoms with Crippen LogP contribution in [-0.2, 0) is 0 Å². The fraction of sp³-hybridized carbons (Fsp3) is 0.154. The third-order valence-electron chi connectivity index (χ3n) is 2.89. The Bertz CT molecular complexity index is 772. The molecule has 102 valence electrons. The molecule has 0 spiro atoms. The van der Waals surface area contributed by atoms with Crippen molar-refractivity contribution in [2.24, 2.45) is 0 Å². The van der Waals surface area contributed by atoms with Crippen LogP contribution in [-0.4, -0.2) is 34.4 Å². The van der Waals surface area contributed by atoms with E-state index in [2.05, 4.69) is 20.2 Å². The minimum Gasteiger partial charge on any atom is -0.497 e. The summed E-state index contributed by atoms with van der Waals surface area (Å²) < 4.78 is 10.5. The summed E-state index contributed by atoms with van der Waals surface area (Å²) in [7, 11) is 3.18. The topological polar surface area (TPSA) is 72.9 Å². The molecule has 0 bridgehead atoms. The Hall–Kier alpha value is -2.34. The summed E-state index contributed by atoms with van der Waals surface area (Å²) in [5.74, 6) is 1.79. The van der Waals surface area contributed by atoms with Gasteiger partial charge in [0.15, 0.2) is 11.0 Å². The van der Waals surface area contributed by atoms with E-state index in [1.54, 1.807) is 38.6 Å². The van der Waals surface area contributed by atoms with E-state index in [9.17, 15) is 0 Å². The first kappa shape index (κ1) is 12.7. The fourth-order valence-corrected chi connectivity index (χ4v) is 2.13. The standard InChI is InChI=1S/C13H11ClN4O2/c1-19-7-3-4-10(20-2)8(5-7)13-16-9-6-15-18-11(9)12(14)17-13/h3-6H,1-2H3,(H,15,18). The molecule has 0 radical (unpaired) electrons. The van der Waals surface area contributed by atoms with Crippen molar-refractivity contribution in [3.05, 3.63) is 29.5 Å². The Labute approximate surface area is 119 Å². The largest absolute Gasteiger partial charge is 0.497 e. The number of nitrogens with zero attached hydrogens (tertiary/aromatic N) is 3. The summed E-state index contributed by atoms with van der Waals surface area (Å²) >= 11 is 6.12. The van der Waals surface area contributed by atoms with Crippen LogP contribution in [0.15, 0.2) is 24.4 Å². The number of hydrogen-bond acceptors (Lipinski definition) is 5. The van der Waals surface area contributed by atoms with Crippen molar-refractivity contribution in [1.29, 1.82) is 0 Å². The van der Waals surface area contributed by atoms with Crippen molar-refractivity contribution < 1.29 is 9.47 Å². The van der Waals surface area contributed by atoms with E-state index >= 15 is 0 Å². The number of fused-ring (bicyclic) bond motifs is 1. The van der Waals surface area contributed by atoms with Gasteiger partial charge in [0.05, 0.1) is 19.8 Å². The highest BCUT2D eigenvalue weighted by Gasteiger charge is 2.14. The second-order valence-electron chi connectivity index (χ2n) is 4.02. The monoisotopic (exact) mass is 290 g/mol. The van der Waals surface area contributed by atoms with Gasteiger partial charge >= 0.3 is 0 Å². The zero-order valence-electron chi connectivity index (χ0n) is 10.8. The summed E-state index contributed by atoms with van der Waals surface area (Å²) in [6, 6.07) is 5.40. The smallest absolute Gasteiger partial charge is 0.165 e. The van der Waals surface area contributed by atoms with Crippen LogP contribution in [0.2, 0.25) is 5.15 Å². The van der Waals surface area contributed by atoms with Crippen LogP contribution in [0.1, 0.15) is 0 Å². The lowest BCUT2D eigenvalue weighted by Gasteiger charge is -2.09. The summed E-state index contributed by atoms with van der Waals surface area (Å²) in [5.41, 5.74) is 1.89. The van der Waals surface area contributed by atoms with Gasteiger partial charge in [0, 0.05) is 6.20 Å². The van der Waals surface area contributed by atoms with Gasteiger partial charge in [0.25, 0.3) is 0 Å². The van der Waals surface area contributed by atoms with Crippen LogP contribution < -0.4 is 9.47 Å². The van der Waals surface area contributed by atoms with Gasteiger partial charge in [-0.1, -0.05) is 11.6 Å². The molecule has 0 saturated carbocycles. The molecule has 2 heterocycles.